The van der Waals surface area contributed by atoms with Crippen molar-refractivity contribution in [3.63, 3.8) is 0 Å². The summed E-state index contributed by atoms with van der Waals surface area (Å²) < 4.78 is 10.2. The van der Waals surface area contributed by atoms with Crippen LogP contribution >= 0.6 is 0 Å². The summed E-state index contributed by atoms with van der Waals surface area (Å²) in [5.74, 6) is 0.606. The van der Waals surface area contributed by atoms with E-state index in [-0.39, 0.29) is 0 Å². The molecule has 0 atom stereocenters. The fourth-order valence-corrected chi connectivity index (χ4v) is 0.797. The summed E-state index contributed by atoms with van der Waals surface area (Å²) in [7, 11) is 0. The Morgan fingerprint density at radius 2 is 2.36 bits per heavy atom. The highest BCUT2D eigenvalue weighted by molar-refractivity contribution is 5.03. The molecule has 2 heteroatoms. The number of unbranched alkanes of at least 4 members (excludes halogenated alkanes) is 2. The normalized spacial score (nSPS) is 9.91. The summed E-state index contributed by atoms with van der Waals surface area (Å²) in [6, 6.07) is 3.63. The number of ether oxygens (including phenoxy) is 1. The number of furan rings is 1. The Balaban J connectivity index is 2.04. The molecule has 2 nitrogen and oxygen atoms in total. The Labute approximate surface area is 67.2 Å². The fourth-order valence-electron chi connectivity index (χ4n) is 0.797. The van der Waals surface area contributed by atoms with E-state index in [1.165, 1.54) is 0 Å². The molecule has 0 saturated carbocycles. The van der Waals surface area contributed by atoms with Gasteiger partial charge in [0.1, 0.15) is 0 Å². The second-order valence-electron chi connectivity index (χ2n) is 2.34. The molecule has 0 aliphatic rings. The molecular weight excluding hydrogens is 140 g/mol. The van der Waals surface area contributed by atoms with E-state index in [1.54, 1.807) is 6.26 Å². The third kappa shape index (κ3) is 3.12. The summed E-state index contributed by atoms with van der Waals surface area (Å²) in [4.78, 5) is 0. The van der Waals surface area contributed by atoms with Gasteiger partial charge in [0.05, 0.1) is 12.9 Å². The maximum absolute atomic E-state index is 5.25. The van der Waals surface area contributed by atoms with Crippen molar-refractivity contribution < 1.29 is 9.15 Å². The molecule has 1 aromatic rings. The first-order chi connectivity index (χ1) is 5.43. The van der Waals surface area contributed by atoms with Gasteiger partial charge in [0.2, 0.25) is 0 Å². The van der Waals surface area contributed by atoms with E-state index in [4.69, 9.17) is 9.15 Å². The maximum Gasteiger partial charge on any atom is 0.284 e. The van der Waals surface area contributed by atoms with Gasteiger partial charge in [0, 0.05) is 6.07 Å². The van der Waals surface area contributed by atoms with Gasteiger partial charge in [-0.05, 0) is 12.5 Å². The lowest BCUT2D eigenvalue weighted by atomic mass is 10.3. The second-order valence-corrected chi connectivity index (χ2v) is 2.34. The minimum Gasteiger partial charge on any atom is -0.465 e. The molecule has 0 fully saturated rings. The molecule has 1 radical (unpaired) electrons. The average molecular weight is 153 g/mol. The maximum atomic E-state index is 5.25. The lowest BCUT2D eigenvalue weighted by Crippen LogP contribution is -1.95. The van der Waals surface area contributed by atoms with Crippen molar-refractivity contribution in [2.24, 2.45) is 0 Å². The summed E-state index contributed by atoms with van der Waals surface area (Å²) >= 11 is 0. The first kappa shape index (κ1) is 8.18. The molecule has 0 N–H and O–H groups in total. The summed E-state index contributed by atoms with van der Waals surface area (Å²) in [5, 5.41) is 0. The van der Waals surface area contributed by atoms with Crippen LogP contribution in [0.15, 0.2) is 22.8 Å². The molecule has 0 aliphatic carbocycles. The molecule has 11 heavy (non-hydrogen) atoms. The predicted molar refractivity (Wildman–Crippen MR) is 43.4 cm³/mol. The summed E-state index contributed by atoms with van der Waals surface area (Å²) in [6.07, 6.45) is 4.74. The molecule has 0 amide bonds. The first-order valence-corrected chi connectivity index (χ1v) is 3.89. The lowest BCUT2D eigenvalue weighted by molar-refractivity contribution is 0.237. The van der Waals surface area contributed by atoms with E-state index in [9.17, 15) is 0 Å². The third-order valence-corrected chi connectivity index (χ3v) is 1.38. The number of rotatable bonds is 5. The molecule has 0 unspecified atom stereocenters. The van der Waals surface area contributed by atoms with Crippen LogP contribution in [0.1, 0.15) is 19.3 Å². The lowest BCUT2D eigenvalue weighted by Gasteiger charge is -1.99. The van der Waals surface area contributed by atoms with Crippen LogP contribution in [0.2, 0.25) is 0 Å². The molecule has 1 aromatic heterocycles. The van der Waals surface area contributed by atoms with Crippen LogP contribution in [0, 0.1) is 6.92 Å². The van der Waals surface area contributed by atoms with Crippen LogP contribution in [0.25, 0.3) is 0 Å². The number of hydrogen-bond donors (Lipinski definition) is 0. The van der Waals surface area contributed by atoms with Crippen LogP contribution in [0.4, 0.5) is 0 Å². The van der Waals surface area contributed by atoms with Gasteiger partial charge in [0.15, 0.2) is 0 Å². The van der Waals surface area contributed by atoms with Crippen molar-refractivity contribution in [3.05, 3.63) is 25.3 Å². The van der Waals surface area contributed by atoms with Crippen LogP contribution < -0.4 is 4.74 Å². The third-order valence-electron chi connectivity index (χ3n) is 1.38. The van der Waals surface area contributed by atoms with Gasteiger partial charge in [-0.25, -0.2) is 0 Å². The van der Waals surface area contributed by atoms with Crippen LogP contribution in [0.5, 0.6) is 5.95 Å². The Morgan fingerprint density at radius 3 is 3.00 bits per heavy atom. The van der Waals surface area contributed by atoms with Gasteiger partial charge in [-0.1, -0.05) is 19.8 Å². The standard InChI is InChI=1S/C9H13O2/c1-2-3-4-7-10-9-6-5-8-11-9/h5-6,8H,1-4,7H2. The van der Waals surface area contributed by atoms with Crippen molar-refractivity contribution in [1.82, 2.24) is 0 Å². The SMILES string of the molecule is [CH2]CCCCOc1ccco1. The van der Waals surface area contributed by atoms with E-state index in [0.717, 1.165) is 25.9 Å². The monoisotopic (exact) mass is 153 g/mol. The zero-order valence-corrected chi connectivity index (χ0v) is 6.58. The molecule has 0 aliphatic heterocycles. The predicted octanol–water partition coefficient (Wildman–Crippen LogP) is 2.66. The van der Waals surface area contributed by atoms with Crippen molar-refractivity contribution in [2.75, 3.05) is 6.61 Å². The molecule has 1 rings (SSSR count). The van der Waals surface area contributed by atoms with Crippen LogP contribution in [-0.2, 0) is 0 Å². The molecule has 0 bridgehead atoms. The van der Waals surface area contributed by atoms with E-state index >= 15 is 0 Å². The van der Waals surface area contributed by atoms with E-state index < -0.39 is 0 Å². The van der Waals surface area contributed by atoms with Crippen LogP contribution in [0.3, 0.4) is 0 Å². The average Bonchev–Trinajstić information content (AvgIpc) is 2.50. The van der Waals surface area contributed by atoms with Gasteiger partial charge in [0.25, 0.3) is 5.95 Å². The molecular formula is C9H13O2. The second kappa shape index (κ2) is 4.83. The number of hydrogen-bond acceptors (Lipinski definition) is 2. The quantitative estimate of drug-likeness (QED) is 0.607. The smallest absolute Gasteiger partial charge is 0.284 e. The Bertz CT molecular complexity index is 168. The van der Waals surface area contributed by atoms with Gasteiger partial charge in [-0.3, -0.25) is 0 Å². The Kier molecular flexibility index (Phi) is 3.59. The minimum absolute atomic E-state index is 0.606. The molecule has 0 spiro atoms. The van der Waals surface area contributed by atoms with Crippen molar-refractivity contribution in [1.29, 1.82) is 0 Å². The fraction of sp³-hybridized carbons (Fsp3) is 0.444. The summed E-state index contributed by atoms with van der Waals surface area (Å²) in [5.41, 5.74) is 0. The highest BCUT2D eigenvalue weighted by atomic mass is 16.6. The Morgan fingerprint density at radius 1 is 1.45 bits per heavy atom. The molecule has 1 heterocycles. The van der Waals surface area contributed by atoms with E-state index in [0.29, 0.717) is 5.95 Å². The molecule has 0 saturated heterocycles. The van der Waals surface area contributed by atoms with Crippen molar-refractivity contribution >= 4 is 0 Å². The highest BCUT2D eigenvalue weighted by Crippen LogP contribution is 2.10. The summed E-state index contributed by atoms with van der Waals surface area (Å²) in [6.45, 7) is 4.47. The topological polar surface area (TPSA) is 22.4 Å². The van der Waals surface area contributed by atoms with Crippen molar-refractivity contribution in [3.8, 4) is 5.95 Å². The molecule has 61 valence electrons. The van der Waals surface area contributed by atoms with E-state index in [1.807, 2.05) is 12.1 Å². The van der Waals surface area contributed by atoms with Gasteiger partial charge in [-0.15, -0.1) is 0 Å². The molecule has 0 aromatic carbocycles. The van der Waals surface area contributed by atoms with Crippen molar-refractivity contribution in [2.45, 2.75) is 19.3 Å². The zero-order valence-electron chi connectivity index (χ0n) is 6.58. The zero-order chi connectivity index (χ0) is 7.94. The minimum atomic E-state index is 0.606. The Hall–Kier alpha value is -0.920. The van der Waals surface area contributed by atoms with Gasteiger partial charge in [-0.2, -0.15) is 0 Å². The first-order valence-electron chi connectivity index (χ1n) is 3.89. The van der Waals surface area contributed by atoms with Crippen LogP contribution in [-0.4, -0.2) is 6.61 Å². The highest BCUT2D eigenvalue weighted by Gasteiger charge is 1.93. The van der Waals surface area contributed by atoms with Gasteiger partial charge >= 0.3 is 0 Å². The van der Waals surface area contributed by atoms with Gasteiger partial charge < -0.3 is 9.15 Å². The largest absolute Gasteiger partial charge is 0.465 e. The van der Waals surface area contributed by atoms with E-state index in [2.05, 4.69) is 6.92 Å².